The van der Waals surface area contributed by atoms with E-state index in [2.05, 4.69) is 15.3 Å². The summed E-state index contributed by atoms with van der Waals surface area (Å²) in [7, 11) is 1.52. The highest BCUT2D eigenvalue weighted by Gasteiger charge is 2.43. The average Bonchev–Trinajstić information content (AvgIpc) is 3.60. The largest absolute Gasteiger partial charge is 0.493 e. The van der Waals surface area contributed by atoms with E-state index in [1.54, 1.807) is 24.5 Å². The van der Waals surface area contributed by atoms with E-state index < -0.39 is 30.1 Å². The molecule has 3 N–H and O–H groups in total. The Morgan fingerprint density at radius 2 is 2.00 bits per heavy atom. The Kier molecular flexibility index (Phi) is 11.8. The second kappa shape index (κ2) is 15.5. The van der Waals surface area contributed by atoms with E-state index in [9.17, 15) is 9.90 Å². The van der Waals surface area contributed by atoms with Crippen molar-refractivity contribution in [3.05, 3.63) is 59.7 Å². The van der Waals surface area contributed by atoms with Crippen LogP contribution in [-0.4, -0.2) is 78.3 Å². The number of nitrogens with zero attached hydrogens (tertiary/aromatic N) is 1. The summed E-state index contributed by atoms with van der Waals surface area (Å²) in [4.78, 5) is 20.8. The number of unbranched alkanes of at least 4 members (excludes halogenated alkanes) is 1. The third-order valence-electron chi connectivity index (χ3n) is 7.38. The van der Waals surface area contributed by atoms with Crippen molar-refractivity contribution in [3.63, 3.8) is 0 Å². The normalized spacial score (nSPS) is 26.2. The van der Waals surface area contributed by atoms with Crippen molar-refractivity contribution in [3.8, 4) is 11.5 Å². The van der Waals surface area contributed by atoms with Crippen molar-refractivity contribution in [1.82, 2.24) is 15.3 Å². The molecule has 0 bridgehead atoms. The number of hydrogen-bond acceptors (Lipinski definition) is 10. The van der Waals surface area contributed by atoms with Crippen LogP contribution in [0.3, 0.4) is 0 Å². The highest BCUT2D eigenvalue weighted by Crippen LogP contribution is 2.35. The Morgan fingerprint density at radius 1 is 1.16 bits per heavy atom. The predicted octanol–water partition coefficient (Wildman–Crippen LogP) is 4.38. The second-order valence-corrected chi connectivity index (χ2v) is 11.3. The molecule has 11 heteroatoms. The topological polar surface area (TPSA) is 133 Å². The molecule has 2 aromatic rings. The van der Waals surface area contributed by atoms with E-state index in [1.165, 1.54) is 7.11 Å². The second-order valence-electron chi connectivity index (χ2n) is 11.3. The first-order valence-electron chi connectivity index (χ1n) is 14.9. The maximum atomic E-state index is 13.6. The molecule has 0 spiro atoms. The number of hydrogen-bond donors (Lipinski definition) is 3. The number of aromatic nitrogens is 2. The highest BCUT2D eigenvalue weighted by molar-refractivity contribution is 5.97. The number of aliphatic hydroxyl groups excluding tert-OH is 1. The lowest BCUT2D eigenvalue weighted by atomic mass is 9.99. The number of cyclic esters (lactones) is 1. The lowest BCUT2D eigenvalue weighted by Crippen LogP contribution is -2.34. The fourth-order valence-electron chi connectivity index (χ4n) is 4.98. The van der Waals surface area contributed by atoms with Gasteiger partial charge < -0.3 is 43.8 Å². The predicted molar refractivity (Wildman–Crippen MR) is 161 cm³/mol. The molecule has 1 aromatic heterocycles. The number of ether oxygens (including phenoxy) is 6. The van der Waals surface area contributed by atoms with Crippen LogP contribution in [0.5, 0.6) is 11.5 Å². The smallest absolute Gasteiger partial charge is 0.342 e. The molecule has 1 fully saturated rings. The third kappa shape index (κ3) is 9.38. The molecule has 2 aliphatic rings. The molecule has 1 saturated heterocycles. The quantitative estimate of drug-likeness (QED) is 0.148. The van der Waals surface area contributed by atoms with Gasteiger partial charge >= 0.3 is 5.97 Å². The molecule has 0 aliphatic carbocycles. The monoisotopic (exact) mass is 599 g/mol. The number of esters is 1. The number of imidazole rings is 1. The third-order valence-corrected chi connectivity index (χ3v) is 7.38. The first-order chi connectivity index (χ1) is 20.7. The molecule has 2 aliphatic heterocycles. The van der Waals surface area contributed by atoms with Gasteiger partial charge in [-0.25, -0.2) is 9.78 Å². The molecule has 43 heavy (non-hydrogen) atoms. The summed E-state index contributed by atoms with van der Waals surface area (Å²) in [6, 6.07) is 3.51. The summed E-state index contributed by atoms with van der Waals surface area (Å²) in [5.41, 5.74) is 0.861. The fraction of sp³-hybridized carbons (Fsp3) is 0.562. The lowest BCUT2D eigenvalue weighted by Gasteiger charge is -2.23. The molecule has 5 atom stereocenters. The van der Waals surface area contributed by atoms with Crippen LogP contribution in [-0.2, 0) is 25.5 Å². The number of fused-ring (bicyclic) bond motifs is 2. The zero-order chi connectivity index (χ0) is 30.8. The first-order valence-corrected chi connectivity index (χ1v) is 14.9. The number of carbonyl (C=O) groups excluding carboxylic acids is 1. The molecule has 0 saturated carbocycles. The Morgan fingerprint density at radius 3 is 2.77 bits per heavy atom. The van der Waals surface area contributed by atoms with E-state index in [4.69, 9.17) is 28.4 Å². The summed E-state index contributed by atoms with van der Waals surface area (Å²) in [6.45, 7) is 9.36. The number of nitrogens with one attached hydrogen (secondary N) is 2. The summed E-state index contributed by atoms with van der Waals surface area (Å²) in [5.74, 6) is 0.239. The molecule has 11 nitrogen and oxygen atoms in total. The molecule has 0 amide bonds. The molecular weight excluding hydrogens is 554 g/mol. The number of carbonyl (C=O) groups is 1. The number of aliphatic hydroxyl groups is 1. The van der Waals surface area contributed by atoms with Crippen LogP contribution in [0.15, 0.2) is 42.8 Å². The van der Waals surface area contributed by atoms with E-state index >= 15 is 0 Å². The van der Waals surface area contributed by atoms with Gasteiger partial charge in [0.15, 0.2) is 12.6 Å². The van der Waals surface area contributed by atoms with Crippen molar-refractivity contribution in [2.45, 2.75) is 83.7 Å². The number of rotatable bonds is 11. The van der Waals surface area contributed by atoms with Gasteiger partial charge in [0.25, 0.3) is 0 Å². The van der Waals surface area contributed by atoms with Gasteiger partial charge in [-0.05, 0) is 58.2 Å². The molecule has 0 radical (unpaired) electrons. The molecule has 236 valence electrons. The molecule has 1 aromatic carbocycles. The standard InChI is InChI=1S/C32H45N3O8/c1-21-11-12-25(36)30-26(42-32(3,4)43-30)10-8-9-23-17-24(39-16-7-6-13-33-19-28-34-14-15-35-28)18-27(40-20-38-5)29(23)31(37)41-22(21)2/h8-9,11-12,14-15,17-18,21-22,25-26,30,33,36H,6-7,10,13,16,19-20H2,1-5H3,(H,34,35)/b9-8?,12-11-/t21-,22+,25?,26+,30-/m1/s1. The van der Waals surface area contributed by atoms with Crippen molar-refractivity contribution in [2.24, 2.45) is 5.92 Å². The SMILES string of the molecule is COCOc1cc(OCCCCNCc2ncc[nH]2)cc2c1C(=O)O[C@@H](C)[C@H](C)/C=C\C(O)[C@H]1OC(C)(C)O[C@H]1CC=C2. The number of H-pyrrole nitrogens is 1. The fourth-order valence-corrected chi connectivity index (χ4v) is 4.98. The lowest BCUT2D eigenvalue weighted by molar-refractivity contribution is -0.152. The Balaban J connectivity index is 1.54. The maximum absolute atomic E-state index is 13.6. The maximum Gasteiger partial charge on any atom is 0.342 e. The van der Waals surface area contributed by atoms with Crippen LogP contribution in [0.1, 0.15) is 68.7 Å². The molecular formula is C32H45N3O8. The van der Waals surface area contributed by atoms with Gasteiger partial charge in [0, 0.05) is 31.5 Å². The minimum atomic E-state index is -0.879. The summed E-state index contributed by atoms with van der Waals surface area (Å²) in [5, 5.41) is 14.3. The van der Waals surface area contributed by atoms with Crippen LogP contribution < -0.4 is 14.8 Å². The first kappa shape index (κ1) is 32.7. The highest BCUT2D eigenvalue weighted by atomic mass is 16.8. The van der Waals surface area contributed by atoms with Gasteiger partial charge in [-0.1, -0.05) is 31.2 Å². The van der Waals surface area contributed by atoms with Crippen LogP contribution >= 0.6 is 0 Å². The minimum absolute atomic E-state index is 0.0508. The van der Waals surface area contributed by atoms with Crippen LogP contribution in [0.25, 0.3) is 6.08 Å². The number of methoxy groups -OCH3 is 1. The zero-order valence-corrected chi connectivity index (χ0v) is 25.7. The number of aromatic amines is 1. The van der Waals surface area contributed by atoms with Crippen molar-refractivity contribution in [1.29, 1.82) is 0 Å². The Hall–Kier alpha value is -3.22. The number of benzene rings is 1. The minimum Gasteiger partial charge on any atom is -0.493 e. The van der Waals surface area contributed by atoms with Gasteiger partial charge in [0.05, 0.1) is 19.3 Å². The van der Waals surface area contributed by atoms with Crippen molar-refractivity contribution < 1.29 is 38.3 Å². The van der Waals surface area contributed by atoms with Gasteiger partial charge in [0.2, 0.25) is 0 Å². The Bertz CT molecular complexity index is 1230. The molecule has 1 unspecified atom stereocenters. The summed E-state index contributed by atoms with van der Waals surface area (Å²) >= 11 is 0. The van der Waals surface area contributed by atoms with Gasteiger partial charge in [-0.3, -0.25) is 0 Å². The average molecular weight is 600 g/mol. The van der Waals surface area contributed by atoms with Crippen molar-refractivity contribution in [2.75, 3.05) is 27.1 Å². The van der Waals surface area contributed by atoms with Crippen molar-refractivity contribution >= 4 is 12.0 Å². The van der Waals surface area contributed by atoms with Crippen LogP contribution in [0.2, 0.25) is 0 Å². The Labute approximate surface area is 253 Å². The van der Waals surface area contributed by atoms with E-state index in [-0.39, 0.29) is 24.4 Å². The van der Waals surface area contributed by atoms with E-state index in [1.807, 2.05) is 52.0 Å². The van der Waals surface area contributed by atoms with Crippen LogP contribution in [0.4, 0.5) is 0 Å². The molecule has 3 heterocycles. The summed E-state index contributed by atoms with van der Waals surface area (Å²) in [6.07, 6.45) is 10.7. The van der Waals surface area contributed by atoms with Gasteiger partial charge in [-0.2, -0.15) is 0 Å². The van der Waals surface area contributed by atoms with E-state index in [0.717, 1.165) is 25.2 Å². The van der Waals surface area contributed by atoms with Gasteiger partial charge in [-0.15, -0.1) is 0 Å². The zero-order valence-electron chi connectivity index (χ0n) is 25.7. The summed E-state index contributed by atoms with van der Waals surface area (Å²) < 4.78 is 35.1. The van der Waals surface area contributed by atoms with Gasteiger partial charge in [0.1, 0.15) is 41.2 Å². The van der Waals surface area contributed by atoms with Crippen LogP contribution in [0, 0.1) is 5.92 Å². The van der Waals surface area contributed by atoms with E-state index in [0.29, 0.717) is 36.6 Å². The molecule has 4 rings (SSSR count).